The molecule has 1 aromatic carbocycles. The zero-order valence-electron chi connectivity index (χ0n) is 10.4. The fourth-order valence-electron chi connectivity index (χ4n) is 2.76. The molecule has 0 saturated heterocycles. The van der Waals surface area contributed by atoms with Gasteiger partial charge in [-0.15, -0.1) is 0 Å². The Kier molecular flexibility index (Phi) is 2.47. The van der Waals surface area contributed by atoms with E-state index in [0.717, 1.165) is 0 Å². The molecule has 2 aromatic rings. The standard InChI is InChI=1S/C16H17N/c1-11(2)16-14-5-3-12(14)4-6-15(16)13-7-9-17-10-8-13/h4,6-11H,3,5H2,1-2H3. The number of aromatic nitrogens is 1. The molecule has 0 saturated carbocycles. The highest BCUT2D eigenvalue weighted by atomic mass is 14.6. The predicted octanol–water partition coefficient (Wildman–Crippen LogP) is 3.97. The van der Waals surface area contributed by atoms with E-state index < -0.39 is 0 Å². The van der Waals surface area contributed by atoms with Gasteiger partial charge in [0, 0.05) is 12.4 Å². The van der Waals surface area contributed by atoms with Crippen molar-refractivity contribution in [3.63, 3.8) is 0 Å². The van der Waals surface area contributed by atoms with Gasteiger partial charge in [-0.2, -0.15) is 0 Å². The van der Waals surface area contributed by atoms with Gasteiger partial charge in [-0.3, -0.25) is 4.98 Å². The van der Waals surface area contributed by atoms with Crippen molar-refractivity contribution in [3.05, 3.63) is 53.3 Å². The van der Waals surface area contributed by atoms with Crippen LogP contribution in [0, 0.1) is 0 Å². The molecule has 1 nitrogen and oxygen atoms in total. The summed E-state index contributed by atoms with van der Waals surface area (Å²) in [5, 5.41) is 0. The van der Waals surface area contributed by atoms with Crippen LogP contribution in [0.3, 0.4) is 0 Å². The molecule has 0 spiro atoms. The fraction of sp³-hybridized carbons (Fsp3) is 0.312. The first-order chi connectivity index (χ1) is 8.27. The fourth-order valence-corrected chi connectivity index (χ4v) is 2.76. The molecule has 17 heavy (non-hydrogen) atoms. The number of hydrogen-bond acceptors (Lipinski definition) is 1. The smallest absolute Gasteiger partial charge is 0.0273 e. The zero-order valence-corrected chi connectivity index (χ0v) is 10.4. The molecule has 0 N–H and O–H groups in total. The summed E-state index contributed by atoms with van der Waals surface area (Å²) in [7, 11) is 0. The third-order valence-corrected chi connectivity index (χ3v) is 3.67. The van der Waals surface area contributed by atoms with Crippen molar-refractivity contribution in [1.82, 2.24) is 4.98 Å². The van der Waals surface area contributed by atoms with Crippen molar-refractivity contribution in [2.75, 3.05) is 0 Å². The molecule has 0 aliphatic heterocycles. The monoisotopic (exact) mass is 223 g/mol. The SMILES string of the molecule is CC(C)c1c(-c2ccncc2)ccc2c1CC2. The highest BCUT2D eigenvalue weighted by Crippen LogP contribution is 2.38. The normalized spacial score (nSPS) is 13.4. The lowest BCUT2D eigenvalue weighted by Gasteiger charge is -2.27. The summed E-state index contributed by atoms with van der Waals surface area (Å²) >= 11 is 0. The van der Waals surface area contributed by atoms with Crippen LogP contribution in [-0.2, 0) is 12.8 Å². The highest BCUT2D eigenvalue weighted by Gasteiger charge is 2.21. The van der Waals surface area contributed by atoms with Crippen molar-refractivity contribution < 1.29 is 0 Å². The van der Waals surface area contributed by atoms with Gasteiger partial charge in [-0.05, 0) is 58.7 Å². The number of rotatable bonds is 2. The molecule has 0 bridgehead atoms. The Bertz CT molecular complexity index is 541. The average molecular weight is 223 g/mol. The van der Waals surface area contributed by atoms with E-state index in [2.05, 4.69) is 43.1 Å². The van der Waals surface area contributed by atoms with Crippen LogP contribution < -0.4 is 0 Å². The van der Waals surface area contributed by atoms with Crippen LogP contribution in [0.25, 0.3) is 11.1 Å². The highest BCUT2D eigenvalue weighted by molar-refractivity contribution is 5.71. The minimum absolute atomic E-state index is 0.591. The van der Waals surface area contributed by atoms with Crippen LogP contribution in [0.15, 0.2) is 36.7 Å². The first-order valence-electron chi connectivity index (χ1n) is 6.32. The van der Waals surface area contributed by atoms with Crippen molar-refractivity contribution in [2.24, 2.45) is 0 Å². The van der Waals surface area contributed by atoms with Crippen LogP contribution in [0.2, 0.25) is 0 Å². The molecule has 0 atom stereocenters. The minimum atomic E-state index is 0.591. The van der Waals surface area contributed by atoms with E-state index in [0.29, 0.717) is 5.92 Å². The Morgan fingerprint density at radius 2 is 1.76 bits per heavy atom. The van der Waals surface area contributed by atoms with Crippen LogP contribution in [-0.4, -0.2) is 4.98 Å². The van der Waals surface area contributed by atoms with Crippen molar-refractivity contribution in [1.29, 1.82) is 0 Å². The lowest BCUT2D eigenvalue weighted by Crippen LogP contribution is -2.13. The second-order valence-electron chi connectivity index (χ2n) is 5.06. The minimum Gasteiger partial charge on any atom is -0.265 e. The van der Waals surface area contributed by atoms with E-state index in [9.17, 15) is 0 Å². The molecule has 1 heteroatoms. The Morgan fingerprint density at radius 1 is 1.00 bits per heavy atom. The van der Waals surface area contributed by atoms with E-state index in [-0.39, 0.29) is 0 Å². The third kappa shape index (κ3) is 1.66. The summed E-state index contributed by atoms with van der Waals surface area (Å²) in [4.78, 5) is 4.10. The zero-order chi connectivity index (χ0) is 11.8. The van der Waals surface area contributed by atoms with Gasteiger partial charge < -0.3 is 0 Å². The number of nitrogens with zero attached hydrogens (tertiary/aromatic N) is 1. The van der Waals surface area contributed by atoms with E-state index in [1.807, 2.05) is 12.4 Å². The molecule has 3 rings (SSSR count). The predicted molar refractivity (Wildman–Crippen MR) is 71.2 cm³/mol. The van der Waals surface area contributed by atoms with Gasteiger partial charge in [0.1, 0.15) is 0 Å². The maximum Gasteiger partial charge on any atom is 0.0273 e. The quantitative estimate of drug-likeness (QED) is 0.750. The second-order valence-corrected chi connectivity index (χ2v) is 5.06. The number of pyridine rings is 1. The second kappa shape index (κ2) is 3.99. The van der Waals surface area contributed by atoms with Crippen LogP contribution in [0.4, 0.5) is 0 Å². The maximum atomic E-state index is 4.10. The largest absolute Gasteiger partial charge is 0.265 e. The first kappa shape index (κ1) is 10.5. The molecular weight excluding hydrogens is 206 g/mol. The summed E-state index contributed by atoms with van der Waals surface area (Å²) in [6, 6.07) is 8.78. The molecule has 0 fully saturated rings. The molecule has 1 aliphatic rings. The maximum absolute atomic E-state index is 4.10. The first-order valence-corrected chi connectivity index (χ1v) is 6.32. The van der Waals surface area contributed by atoms with Gasteiger partial charge in [0.05, 0.1) is 0 Å². The third-order valence-electron chi connectivity index (χ3n) is 3.67. The summed E-state index contributed by atoms with van der Waals surface area (Å²) in [6.07, 6.45) is 6.25. The van der Waals surface area contributed by atoms with E-state index in [1.54, 1.807) is 16.7 Å². The summed E-state index contributed by atoms with van der Waals surface area (Å²) in [6.45, 7) is 4.58. The van der Waals surface area contributed by atoms with Crippen molar-refractivity contribution in [2.45, 2.75) is 32.6 Å². The van der Waals surface area contributed by atoms with Crippen molar-refractivity contribution >= 4 is 0 Å². The molecule has 0 unspecified atom stereocenters. The lowest BCUT2D eigenvalue weighted by atomic mass is 9.77. The number of hydrogen-bond donors (Lipinski definition) is 0. The van der Waals surface area contributed by atoms with E-state index in [4.69, 9.17) is 0 Å². The van der Waals surface area contributed by atoms with Crippen LogP contribution in [0.1, 0.15) is 36.5 Å². The average Bonchev–Trinajstić information content (AvgIpc) is 2.31. The number of aryl methyl sites for hydroxylation is 1. The van der Waals surface area contributed by atoms with Crippen LogP contribution >= 0.6 is 0 Å². The van der Waals surface area contributed by atoms with E-state index in [1.165, 1.54) is 24.0 Å². The number of benzene rings is 1. The van der Waals surface area contributed by atoms with Crippen molar-refractivity contribution in [3.8, 4) is 11.1 Å². The van der Waals surface area contributed by atoms with Gasteiger partial charge >= 0.3 is 0 Å². The van der Waals surface area contributed by atoms with Gasteiger partial charge in [0.2, 0.25) is 0 Å². The summed E-state index contributed by atoms with van der Waals surface area (Å²) < 4.78 is 0. The topological polar surface area (TPSA) is 12.9 Å². The Labute approximate surface area is 103 Å². The Morgan fingerprint density at radius 3 is 2.35 bits per heavy atom. The van der Waals surface area contributed by atoms with Gasteiger partial charge in [-0.1, -0.05) is 26.0 Å². The Hall–Kier alpha value is -1.63. The lowest BCUT2D eigenvalue weighted by molar-refractivity contribution is 0.769. The summed E-state index contributed by atoms with van der Waals surface area (Å²) in [5.41, 5.74) is 7.36. The molecular formula is C16H17N. The molecule has 86 valence electrons. The molecule has 0 radical (unpaired) electrons. The molecule has 0 amide bonds. The molecule has 1 aromatic heterocycles. The van der Waals surface area contributed by atoms with E-state index >= 15 is 0 Å². The molecule has 1 heterocycles. The Balaban J connectivity index is 2.21. The van der Waals surface area contributed by atoms with Gasteiger partial charge in [0.25, 0.3) is 0 Å². The van der Waals surface area contributed by atoms with Crippen LogP contribution in [0.5, 0.6) is 0 Å². The van der Waals surface area contributed by atoms with Gasteiger partial charge in [0.15, 0.2) is 0 Å². The summed E-state index contributed by atoms with van der Waals surface area (Å²) in [5.74, 6) is 0.591. The molecule has 1 aliphatic carbocycles. The van der Waals surface area contributed by atoms with Gasteiger partial charge in [-0.25, -0.2) is 0 Å². The number of fused-ring (bicyclic) bond motifs is 1.